The van der Waals surface area contributed by atoms with E-state index >= 15 is 0 Å². The van der Waals surface area contributed by atoms with E-state index in [0.717, 1.165) is 15.9 Å². The van der Waals surface area contributed by atoms with Crippen LogP contribution in [0.3, 0.4) is 0 Å². The molecule has 1 aliphatic heterocycles. The van der Waals surface area contributed by atoms with E-state index in [-0.39, 0.29) is 36.5 Å². The van der Waals surface area contributed by atoms with E-state index in [0.29, 0.717) is 18.1 Å². The number of rotatable bonds is 6. The Bertz CT molecular complexity index is 1330. The van der Waals surface area contributed by atoms with Crippen LogP contribution in [0.15, 0.2) is 71.1 Å². The SMILES string of the molecule is O=C(Cn1c(C2CC(=O)N(c3ccc(F)cc3)C2)nc2ccccc21)NN=Cc1cccs1. The summed E-state index contributed by atoms with van der Waals surface area (Å²) in [6.07, 6.45) is 1.87. The third-order valence-corrected chi connectivity index (χ3v) is 6.35. The first-order chi connectivity index (χ1) is 16.1. The first-order valence-corrected chi connectivity index (χ1v) is 11.3. The average molecular weight is 462 g/mol. The predicted octanol–water partition coefficient (Wildman–Crippen LogP) is 3.91. The van der Waals surface area contributed by atoms with Gasteiger partial charge in [0.1, 0.15) is 18.2 Å². The molecule has 0 spiro atoms. The number of halogens is 1. The van der Waals surface area contributed by atoms with Crippen molar-refractivity contribution < 1.29 is 14.0 Å². The number of hydrogen-bond donors (Lipinski definition) is 1. The van der Waals surface area contributed by atoms with Crippen LogP contribution in [0.5, 0.6) is 0 Å². The summed E-state index contributed by atoms with van der Waals surface area (Å²) in [7, 11) is 0. The predicted molar refractivity (Wildman–Crippen MR) is 126 cm³/mol. The highest BCUT2D eigenvalue weighted by molar-refractivity contribution is 7.11. The molecule has 0 aliphatic carbocycles. The van der Waals surface area contributed by atoms with Gasteiger partial charge in [-0.1, -0.05) is 18.2 Å². The molecule has 4 aromatic rings. The molecule has 0 saturated carbocycles. The van der Waals surface area contributed by atoms with Crippen LogP contribution in [0.2, 0.25) is 0 Å². The van der Waals surface area contributed by atoms with Gasteiger partial charge in [0, 0.05) is 29.4 Å². The molecule has 9 heteroatoms. The molecule has 0 bridgehead atoms. The molecule has 5 rings (SSSR count). The van der Waals surface area contributed by atoms with Gasteiger partial charge in [-0.25, -0.2) is 14.8 Å². The molecule has 1 saturated heterocycles. The first kappa shape index (κ1) is 21.0. The molecule has 166 valence electrons. The summed E-state index contributed by atoms with van der Waals surface area (Å²) >= 11 is 1.53. The monoisotopic (exact) mass is 461 g/mol. The zero-order valence-corrected chi connectivity index (χ0v) is 18.3. The summed E-state index contributed by atoms with van der Waals surface area (Å²) in [5.74, 6) is -0.220. The van der Waals surface area contributed by atoms with Gasteiger partial charge in [-0.15, -0.1) is 11.3 Å². The van der Waals surface area contributed by atoms with Crippen molar-refractivity contribution in [1.82, 2.24) is 15.0 Å². The van der Waals surface area contributed by atoms with Gasteiger partial charge in [0.2, 0.25) is 5.91 Å². The Morgan fingerprint density at radius 2 is 2.00 bits per heavy atom. The van der Waals surface area contributed by atoms with Crippen molar-refractivity contribution in [3.63, 3.8) is 0 Å². The average Bonchev–Trinajstić information content (AvgIpc) is 3.54. The Morgan fingerprint density at radius 3 is 2.79 bits per heavy atom. The first-order valence-electron chi connectivity index (χ1n) is 10.4. The lowest BCUT2D eigenvalue weighted by atomic mass is 10.1. The molecule has 1 N–H and O–H groups in total. The number of anilines is 1. The van der Waals surface area contributed by atoms with Crippen molar-refractivity contribution in [2.24, 2.45) is 5.10 Å². The van der Waals surface area contributed by atoms with Crippen molar-refractivity contribution in [2.75, 3.05) is 11.4 Å². The van der Waals surface area contributed by atoms with Crippen LogP contribution in [0, 0.1) is 5.82 Å². The highest BCUT2D eigenvalue weighted by atomic mass is 32.1. The number of hydrazone groups is 1. The van der Waals surface area contributed by atoms with Gasteiger partial charge < -0.3 is 9.47 Å². The highest BCUT2D eigenvalue weighted by Crippen LogP contribution is 2.33. The Morgan fingerprint density at radius 1 is 1.18 bits per heavy atom. The Kier molecular flexibility index (Phi) is 5.70. The normalized spacial score (nSPS) is 16.2. The van der Waals surface area contributed by atoms with E-state index in [1.807, 2.05) is 46.3 Å². The molecular weight excluding hydrogens is 441 g/mol. The summed E-state index contributed by atoms with van der Waals surface area (Å²) in [5, 5.41) is 5.97. The summed E-state index contributed by atoms with van der Waals surface area (Å²) < 4.78 is 15.2. The van der Waals surface area contributed by atoms with Crippen LogP contribution < -0.4 is 10.3 Å². The molecular formula is C24H20FN5O2S. The third kappa shape index (κ3) is 4.40. The molecule has 1 fully saturated rings. The Balaban J connectivity index is 1.39. The third-order valence-electron chi connectivity index (χ3n) is 5.54. The van der Waals surface area contributed by atoms with E-state index < -0.39 is 0 Å². The van der Waals surface area contributed by atoms with Gasteiger partial charge >= 0.3 is 0 Å². The van der Waals surface area contributed by atoms with Crippen LogP contribution in [0.1, 0.15) is 23.0 Å². The van der Waals surface area contributed by atoms with Crippen LogP contribution in [-0.2, 0) is 16.1 Å². The number of nitrogens with one attached hydrogen (secondary N) is 1. The van der Waals surface area contributed by atoms with E-state index in [9.17, 15) is 14.0 Å². The highest BCUT2D eigenvalue weighted by Gasteiger charge is 2.35. The van der Waals surface area contributed by atoms with Gasteiger partial charge in [0.15, 0.2) is 0 Å². The largest absolute Gasteiger partial charge is 0.318 e. The molecule has 2 aromatic carbocycles. The number of carbonyl (C=O) groups excluding carboxylic acids is 2. The van der Waals surface area contributed by atoms with Gasteiger partial charge in [-0.05, 0) is 47.8 Å². The number of aromatic nitrogens is 2. The fourth-order valence-electron chi connectivity index (χ4n) is 4.03. The summed E-state index contributed by atoms with van der Waals surface area (Å²) in [6, 6.07) is 17.3. The van der Waals surface area contributed by atoms with E-state index in [1.54, 1.807) is 23.2 Å². The number of imidazole rings is 1. The van der Waals surface area contributed by atoms with Crippen molar-refractivity contribution in [3.8, 4) is 0 Å². The number of amides is 2. The van der Waals surface area contributed by atoms with Gasteiger partial charge in [0.25, 0.3) is 5.91 Å². The fraction of sp³-hybridized carbons (Fsp3) is 0.167. The maximum absolute atomic E-state index is 13.3. The van der Waals surface area contributed by atoms with Crippen molar-refractivity contribution in [1.29, 1.82) is 0 Å². The van der Waals surface area contributed by atoms with Crippen LogP contribution in [-0.4, -0.2) is 34.1 Å². The minimum Gasteiger partial charge on any atom is -0.318 e. The molecule has 1 unspecified atom stereocenters. The number of carbonyl (C=O) groups is 2. The van der Waals surface area contributed by atoms with Crippen LogP contribution in [0.25, 0.3) is 11.0 Å². The quantitative estimate of drug-likeness (QED) is 0.349. The molecule has 2 amide bonds. The number of para-hydroxylation sites is 2. The summed E-state index contributed by atoms with van der Waals surface area (Å²) in [5.41, 5.74) is 4.79. The molecule has 1 aliphatic rings. The lowest BCUT2D eigenvalue weighted by molar-refractivity contribution is -0.121. The second-order valence-electron chi connectivity index (χ2n) is 7.74. The van der Waals surface area contributed by atoms with E-state index in [2.05, 4.69) is 10.5 Å². The minimum atomic E-state index is -0.350. The Labute approximate surface area is 193 Å². The van der Waals surface area contributed by atoms with Crippen molar-refractivity contribution in [2.45, 2.75) is 18.9 Å². The maximum atomic E-state index is 13.3. The molecule has 2 aromatic heterocycles. The topological polar surface area (TPSA) is 79.6 Å². The number of fused-ring (bicyclic) bond motifs is 1. The lowest BCUT2D eigenvalue weighted by Gasteiger charge is -2.17. The van der Waals surface area contributed by atoms with Crippen molar-refractivity contribution in [3.05, 3.63) is 82.6 Å². The van der Waals surface area contributed by atoms with Crippen LogP contribution in [0.4, 0.5) is 10.1 Å². The number of hydrogen-bond acceptors (Lipinski definition) is 5. The van der Waals surface area contributed by atoms with Crippen LogP contribution >= 0.6 is 11.3 Å². The number of nitrogens with zero attached hydrogens (tertiary/aromatic N) is 4. The molecule has 1 atom stereocenters. The zero-order valence-electron chi connectivity index (χ0n) is 17.5. The summed E-state index contributed by atoms with van der Waals surface area (Å²) in [4.78, 5) is 32.7. The second-order valence-corrected chi connectivity index (χ2v) is 8.71. The number of benzene rings is 2. The summed E-state index contributed by atoms with van der Waals surface area (Å²) in [6.45, 7) is 0.435. The second kappa shape index (κ2) is 8.95. The number of thiophene rings is 1. The molecule has 33 heavy (non-hydrogen) atoms. The van der Waals surface area contributed by atoms with E-state index in [4.69, 9.17) is 4.98 Å². The van der Waals surface area contributed by atoms with Gasteiger partial charge in [-0.2, -0.15) is 5.10 Å². The lowest BCUT2D eigenvalue weighted by Crippen LogP contribution is -2.26. The molecule has 7 nitrogen and oxygen atoms in total. The van der Waals surface area contributed by atoms with Gasteiger partial charge in [0.05, 0.1) is 17.2 Å². The maximum Gasteiger partial charge on any atom is 0.260 e. The Hall–Kier alpha value is -3.85. The standard InChI is InChI=1S/C24H20FN5O2S/c25-17-7-9-18(10-8-17)29-14-16(12-23(29)32)24-27-20-5-1-2-6-21(20)30(24)15-22(31)28-26-13-19-4-3-11-33-19/h1-11,13,16H,12,14-15H2,(H,28,31). The van der Waals surface area contributed by atoms with E-state index in [1.165, 1.54) is 23.5 Å². The smallest absolute Gasteiger partial charge is 0.260 e. The van der Waals surface area contributed by atoms with Gasteiger partial charge in [-0.3, -0.25) is 9.59 Å². The molecule has 0 radical (unpaired) electrons. The minimum absolute atomic E-state index is 0.0267. The fourth-order valence-corrected chi connectivity index (χ4v) is 4.62. The van der Waals surface area contributed by atoms with Crippen molar-refractivity contribution >= 4 is 46.1 Å². The molecule has 3 heterocycles. The zero-order chi connectivity index (χ0) is 22.8.